The number of hydrogen-bond acceptors (Lipinski definition) is 15. The molecule has 0 saturated heterocycles. The Labute approximate surface area is 446 Å². The lowest BCUT2D eigenvalue weighted by molar-refractivity contribution is -0.142. The highest BCUT2D eigenvalue weighted by Gasteiger charge is 2.30. The van der Waals surface area contributed by atoms with Gasteiger partial charge in [-0.05, 0) is 120 Å². The molecule has 6 aromatic rings. The number of rotatable bonds is 19. The summed E-state index contributed by atoms with van der Waals surface area (Å²) < 4.78 is 72.6. The zero-order chi connectivity index (χ0) is 53.9. The van der Waals surface area contributed by atoms with Gasteiger partial charge >= 0.3 is 5.97 Å². The number of hydrogen-bond donors (Lipinski definition) is 3. The molecule has 0 radical (unpaired) electrons. The molecule has 3 N–H and O–H groups in total. The monoisotopic (exact) mass is 1090 g/mol. The molecule has 75 heavy (non-hydrogen) atoms. The molecular formula is C53H59N9O9S4. The van der Waals surface area contributed by atoms with Crippen molar-refractivity contribution in [1.29, 1.82) is 0 Å². The molecule has 0 unspecified atom stereocenters. The first-order valence-electron chi connectivity index (χ1n) is 24.6. The first-order chi connectivity index (χ1) is 35.9. The smallest absolute Gasteiger partial charge is 0.306 e. The number of esters is 1. The summed E-state index contributed by atoms with van der Waals surface area (Å²) >= 11 is 2.86. The Kier molecular flexibility index (Phi) is 18.9. The van der Waals surface area contributed by atoms with Crippen LogP contribution in [0.5, 0.6) is 11.5 Å². The van der Waals surface area contributed by atoms with Crippen molar-refractivity contribution in [3.8, 4) is 53.8 Å². The van der Waals surface area contributed by atoms with Crippen LogP contribution in [0.4, 0.5) is 11.4 Å². The fourth-order valence-electron chi connectivity index (χ4n) is 8.78. The molecular weight excluding hydrogens is 1030 g/mol. The molecule has 1 amide bonds. The minimum absolute atomic E-state index is 0.0344. The molecule has 2 atom stereocenters. The van der Waals surface area contributed by atoms with E-state index in [1.54, 1.807) is 31.2 Å². The molecule has 18 nitrogen and oxygen atoms in total. The maximum atomic E-state index is 12.7. The molecule has 2 heterocycles. The number of amides is 1. The van der Waals surface area contributed by atoms with Crippen LogP contribution < -0.4 is 24.2 Å². The van der Waals surface area contributed by atoms with Crippen LogP contribution in [0.2, 0.25) is 0 Å². The van der Waals surface area contributed by atoms with Gasteiger partial charge in [-0.25, -0.2) is 36.0 Å². The van der Waals surface area contributed by atoms with E-state index in [4.69, 9.17) is 27.4 Å². The molecule has 2 aliphatic rings. The number of carbonyl (C=O) groups is 2. The molecule has 2 aromatic heterocycles. The van der Waals surface area contributed by atoms with Crippen LogP contribution in [-0.4, -0.2) is 86.5 Å². The van der Waals surface area contributed by atoms with E-state index in [1.807, 2.05) is 76.2 Å². The van der Waals surface area contributed by atoms with Gasteiger partial charge in [-0.3, -0.25) is 9.59 Å². The van der Waals surface area contributed by atoms with Gasteiger partial charge in [0.1, 0.15) is 31.5 Å². The first kappa shape index (κ1) is 56.1. The van der Waals surface area contributed by atoms with Crippen LogP contribution >= 0.6 is 22.7 Å². The van der Waals surface area contributed by atoms with E-state index in [1.165, 1.54) is 29.7 Å². The van der Waals surface area contributed by atoms with E-state index < -0.39 is 26.0 Å². The third kappa shape index (κ3) is 14.6. The van der Waals surface area contributed by atoms with E-state index in [0.717, 1.165) is 80.2 Å². The third-order valence-electron chi connectivity index (χ3n) is 12.1. The van der Waals surface area contributed by atoms with Gasteiger partial charge in [-0.1, -0.05) is 71.2 Å². The van der Waals surface area contributed by atoms with Crippen molar-refractivity contribution in [2.24, 2.45) is 0 Å². The maximum Gasteiger partial charge on any atom is 0.306 e. The second-order valence-electron chi connectivity index (χ2n) is 18.2. The quantitative estimate of drug-likeness (QED) is 0.0507. The minimum atomic E-state index is -3.68. The van der Waals surface area contributed by atoms with Crippen LogP contribution in [0.25, 0.3) is 52.0 Å². The van der Waals surface area contributed by atoms with Crippen LogP contribution in [0.1, 0.15) is 107 Å². The molecule has 0 bridgehead atoms. The molecule has 4 aromatic carbocycles. The summed E-state index contributed by atoms with van der Waals surface area (Å²) in [4.78, 5) is 30.4. The zero-order valence-corrected chi connectivity index (χ0v) is 45.8. The lowest BCUT2D eigenvalue weighted by Gasteiger charge is -2.27. The Bertz CT molecular complexity index is 3340. The van der Waals surface area contributed by atoms with Crippen LogP contribution in [-0.2, 0) is 47.2 Å². The van der Waals surface area contributed by atoms with Crippen molar-refractivity contribution in [3.63, 3.8) is 0 Å². The Morgan fingerprint density at radius 1 is 0.667 bits per heavy atom. The van der Waals surface area contributed by atoms with Gasteiger partial charge in [0.2, 0.25) is 37.3 Å². The third-order valence-corrected chi connectivity index (χ3v) is 16.9. The number of nitrogens with zero attached hydrogens (tertiary/aromatic N) is 6. The molecule has 394 valence electrons. The molecule has 2 aliphatic carbocycles. The predicted octanol–water partition coefficient (Wildman–Crippen LogP) is 10.1. The van der Waals surface area contributed by atoms with Gasteiger partial charge in [-0.15, -0.1) is 20.4 Å². The normalized spacial score (nSPS) is 15.1. The van der Waals surface area contributed by atoms with Gasteiger partial charge in [-0.2, -0.15) is 0 Å². The minimum Gasteiger partial charge on any atom is -0.502 e. The van der Waals surface area contributed by atoms with Crippen molar-refractivity contribution in [3.05, 3.63) is 118 Å². The van der Waals surface area contributed by atoms with Gasteiger partial charge in [0.05, 0.1) is 49.9 Å². The fourth-order valence-corrected chi connectivity index (χ4v) is 13.0. The van der Waals surface area contributed by atoms with Gasteiger partial charge in [0.25, 0.3) is 0 Å². The Balaban J connectivity index is 0.000000219. The van der Waals surface area contributed by atoms with Crippen LogP contribution in [0, 0.1) is 13.1 Å². The number of nitrogens with one attached hydrogen (secondary N) is 3. The van der Waals surface area contributed by atoms with Gasteiger partial charge in [0, 0.05) is 47.8 Å². The van der Waals surface area contributed by atoms with Gasteiger partial charge < -0.3 is 19.5 Å². The fraction of sp³-hybridized carbons (Fsp3) is 0.396. The van der Waals surface area contributed by atoms with Gasteiger partial charge in [0.15, 0.2) is 0 Å². The van der Waals surface area contributed by atoms with E-state index in [0.29, 0.717) is 45.7 Å². The van der Waals surface area contributed by atoms with Crippen LogP contribution in [0.15, 0.2) is 72.8 Å². The van der Waals surface area contributed by atoms with E-state index >= 15 is 0 Å². The summed E-state index contributed by atoms with van der Waals surface area (Å²) in [6, 6.07) is 21.7. The van der Waals surface area contributed by atoms with Crippen molar-refractivity contribution < 1.29 is 40.6 Å². The summed E-state index contributed by atoms with van der Waals surface area (Å²) in [7, 11) is -5.82. The van der Waals surface area contributed by atoms with E-state index in [-0.39, 0.29) is 61.2 Å². The van der Waals surface area contributed by atoms with E-state index in [9.17, 15) is 26.4 Å². The number of ether oxygens (including phenoxy) is 3. The predicted molar refractivity (Wildman–Crippen MR) is 291 cm³/mol. The highest BCUT2D eigenvalue weighted by molar-refractivity contribution is 7.89. The topological polar surface area (TPSA) is 226 Å². The Morgan fingerprint density at radius 3 is 1.52 bits per heavy atom. The standard InChI is InChI=1S/C27H30N4O5S2.C26H29N5O4S2/c1-5-35-25(32)14-15-38(33,34)31-22-11-7-8-19-20(22)9-6-10-21(19)27-30-29-26(37-27)18-12-13-24(36-17(2)3)23(16-18)28-4;1-16(2)35-23-12-11-17(15-22(23)27-3)25-29-30-26(36-25)20-9-5-8-19-18(20)7-6-10-21(19)31-37(33,34)14-13-24(32)28-4/h6,9-10,12-13,16-17,22,31H,5,7-8,11,14-15H2,1-3H3;5,8-9,11-12,15-16,21,31H,6-7,10,13-14H2,1-2,4H3,(H,28,32)/t22-;21-/m00/s1. The summed E-state index contributed by atoms with van der Waals surface area (Å²) in [6.45, 7) is 24.6. The maximum absolute atomic E-state index is 12.7. The molecule has 0 saturated carbocycles. The Hall–Kier alpha value is -6.66. The second kappa shape index (κ2) is 25.2. The second-order valence-corrected chi connectivity index (χ2v) is 23.9. The highest BCUT2D eigenvalue weighted by atomic mass is 32.2. The molecule has 0 aliphatic heterocycles. The van der Waals surface area contributed by atoms with E-state index in [2.05, 4.69) is 44.8 Å². The number of aromatic nitrogens is 4. The average Bonchev–Trinajstić information content (AvgIpc) is 4.10. The van der Waals surface area contributed by atoms with Crippen molar-refractivity contribution >= 4 is 66.0 Å². The van der Waals surface area contributed by atoms with Crippen molar-refractivity contribution in [1.82, 2.24) is 35.2 Å². The molecule has 8 rings (SSSR count). The number of fused-ring (bicyclic) bond motifs is 2. The molecule has 22 heteroatoms. The first-order valence-corrected chi connectivity index (χ1v) is 29.5. The lowest BCUT2D eigenvalue weighted by Crippen LogP contribution is -2.34. The summed E-state index contributed by atoms with van der Waals surface area (Å²) in [6.07, 6.45) is 4.25. The summed E-state index contributed by atoms with van der Waals surface area (Å²) in [5, 5.41) is 22.9. The SMILES string of the molecule is [C-]#[N+]c1cc(-c2nnc(-c3cccc4c3CCC[C@@H]4NS(=O)(=O)CCC(=O)NC)s2)ccc1OC(C)C.[C-]#[N+]c1cc(-c2nnc(-c3cccc4c3CCC[C@@H]4NS(=O)(=O)CCC(=O)OCC)s2)ccc1OC(C)C. The largest absolute Gasteiger partial charge is 0.502 e. The number of benzene rings is 4. The average molecular weight is 1090 g/mol. The van der Waals surface area contributed by atoms with Crippen LogP contribution in [0.3, 0.4) is 0 Å². The Morgan fingerprint density at radius 2 is 1.11 bits per heavy atom. The highest BCUT2D eigenvalue weighted by Crippen LogP contribution is 2.43. The summed E-state index contributed by atoms with van der Waals surface area (Å²) in [5.41, 5.74) is 8.21. The molecule has 0 fully saturated rings. The number of carbonyl (C=O) groups excluding carboxylic acids is 2. The van der Waals surface area contributed by atoms with Crippen molar-refractivity contribution in [2.75, 3.05) is 25.2 Å². The number of sulfonamides is 2. The lowest BCUT2D eigenvalue weighted by atomic mass is 9.85. The summed E-state index contributed by atoms with van der Waals surface area (Å²) in [5.74, 6) is -0.330. The molecule has 0 spiro atoms. The van der Waals surface area contributed by atoms with Crippen molar-refractivity contribution in [2.45, 2.75) is 110 Å². The zero-order valence-electron chi connectivity index (χ0n) is 42.5.